The molecule has 0 spiro atoms. The average Bonchev–Trinajstić information content (AvgIpc) is 2.45. The highest BCUT2D eigenvalue weighted by Gasteiger charge is 2.08. The normalized spacial score (nSPS) is 9.80. The van der Waals surface area contributed by atoms with Gasteiger partial charge in [0.05, 0.1) is 11.3 Å². The van der Waals surface area contributed by atoms with Gasteiger partial charge in [-0.05, 0) is 30.3 Å². The second-order valence-electron chi connectivity index (χ2n) is 3.82. The van der Waals surface area contributed by atoms with Crippen LogP contribution in [-0.4, -0.2) is 16.6 Å². The average molecular weight is 304 g/mol. The molecule has 0 saturated heterocycles. The van der Waals surface area contributed by atoms with Crippen LogP contribution in [-0.2, 0) is 4.79 Å². The minimum Gasteiger partial charge on any atom is -0.325 e. The molecule has 6 heteroatoms. The number of nitriles is 1. The number of pyridine rings is 1. The lowest BCUT2D eigenvalue weighted by Gasteiger charge is -2.05. The summed E-state index contributed by atoms with van der Waals surface area (Å²) in [5.41, 5.74) is 1.11. The molecule has 0 aliphatic carbocycles. The molecule has 1 heterocycles. The number of hydrogen-bond acceptors (Lipinski definition) is 4. The van der Waals surface area contributed by atoms with Crippen LogP contribution in [0.4, 0.5) is 5.69 Å². The topological polar surface area (TPSA) is 65.8 Å². The summed E-state index contributed by atoms with van der Waals surface area (Å²) in [7, 11) is 0. The van der Waals surface area contributed by atoms with Crippen LogP contribution in [0.25, 0.3) is 0 Å². The summed E-state index contributed by atoms with van der Waals surface area (Å²) in [5.74, 6) is 0.00453. The fourth-order valence-corrected chi connectivity index (χ4v) is 2.42. The molecule has 0 atom stereocenters. The van der Waals surface area contributed by atoms with Crippen molar-refractivity contribution in [2.75, 3.05) is 11.1 Å². The molecule has 0 aliphatic heterocycles. The molecule has 2 rings (SSSR count). The SMILES string of the molecule is N#Cc1cccnc1SCC(=O)Nc1cccc(Cl)c1. The lowest BCUT2D eigenvalue weighted by Crippen LogP contribution is -2.14. The molecular weight excluding hydrogens is 294 g/mol. The van der Waals surface area contributed by atoms with Crippen molar-refractivity contribution >= 4 is 35.0 Å². The third-order valence-corrected chi connectivity index (χ3v) is 3.58. The maximum Gasteiger partial charge on any atom is 0.234 e. The highest BCUT2D eigenvalue weighted by molar-refractivity contribution is 8.00. The highest BCUT2D eigenvalue weighted by Crippen LogP contribution is 2.20. The number of anilines is 1. The van der Waals surface area contributed by atoms with Crippen molar-refractivity contribution in [1.29, 1.82) is 5.26 Å². The van der Waals surface area contributed by atoms with Crippen molar-refractivity contribution in [1.82, 2.24) is 4.98 Å². The van der Waals surface area contributed by atoms with Crippen LogP contribution < -0.4 is 5.32 Å². The number of halogens is 1. The van der Waals surface area contributed by atoms with Crippen LogP contribution in [0.5, 0.6) is 0 Å². The van der Waals surface area contributed by atoms with E-state index in [1.807, 2.05) is 6.07 Å². The molecule has 0 radical (unpaired) electrons. The van der Waals surface area contributed by atoms with Crippen LogP contribution in [0.2, 0.25) is 5.02 Å². The number of carbonyl (C=O) groups excluding carboxylic acids is 1. The van der Waals surface area contributed by atoms with Gasteiger partial charge >= 0.3 is 0 Å². The zero-order chi connectivity index (χ0) is 14.4. The number of carbonyl (C=O) groups is 1. The van der Waals surface area contributed by atoms with Gasteiger partial charge in [0.2, 0.25) is 5.91 Å². The van der Waals surface area contributed by atoms with Gasteiger partial charge in [0.15, 0.2) is 0 Å². The molecule has 0 saturated carbocycles. The first-order chi connectivity index (χ1) is 9.69. The van der Waals surface area contributed by atoms with E-state index in [1.54, 1.807) is 42.6 Å². The third kappa shape index (κ3) is 3.98. The summed E-state index contributed by atoms with van der Waals surface area (Å²) in [6.45, 7) is 0. The van der Waals surface area contributed by atoms with Crippen molar-refractivity contribution in [2.45, 2.75) is 5.03 Å². The lowest BCUT2D eigenvalue weighted by atomic mass is 10.3. The van der Waals surface area contributed by atoms with Crippen molar-refractivity contribution in [3.8, 4) is 6.07 Å². The van der Waals surface area contributed by atoms with E-state index < -0.39 is 0 Å². The van der Waals surface area contributed by atoms with Gasteiger partial charge in [0, 0.05) is 16.9 Å². The minimum absolute atomic E-state index is 0.174. The van der Waals surface area contributed by atoms with Crippen molar-refractivity contribution in [2.24, 2.45) is 0 Å². The fraction of sp³-hybridized carbons (Fsp3) is 0.0714. The Kier molecular flexibility index (Phi) is 4.99. The minimum atomic E-state index is -0.174. The van der Waals surface area contributed by atoms with Gasteiger partial charge in [0.25, 0.3) is 0 Å². The van der Waals surface area contributed by atoms with E-state index in [1.165, 1.54) is 11.8 Å². The van der Waals surface area contributed by atoms with E-state index in [9.17, 15) is 4.79 Å². The maximum absolute atomic E-state index is 11.8. The molecule has 100 valence electrons. The van der Waals surface area contributed by atoms with Crippen molar-refractivity contribution < 1.29 is 4.79 Å². The Morgan fingerprint density at radius 2 is 2.25 bits per heavy atom. The number of amides is 1. The molecule has 0 bridgehead atoms. The predicted molar refractivity (Wildman–Crippen MR) is 79.8 cm³/mol. The van der Waals surface area contributed by atoms with E-state index in [4.69, 9.17) is 16.9 Å². The summed E-state index contributed by atoms with van der Waals surface area (Å²) in [5, 5.41) is 12.8. The van der Waals surface area contributed by atoms with Crippen LogP contribution in [0, 0.1) is 11.3 Å². The number of aromatic nitrogens is 1. The van der Waals surface area contributed by atoms with Gasteiger partial charge in [-0.2, -0.15) is 5.26 Å². The van der Waals surface area contributed by atoms with Gasteiger partial charge in [-0.1, -0.05) is 29.4 Å². The zero-order valence-electron chi connectivity index (χ0n) is 10.3. The standard InChI is InChI=1S/C14H10ClN3OS/c15-11-4-1-5-12(7-11)18-13(19)9-20-14-10(8-16)3-2-6-17-14/h1-7H,9H2,(H,18,19). The number of hydrogen-bond donors (Lipinski definition) is 1. The van der Waals surface area contributed by atoms with Gasteiger partial charge < -0.3 is 5.32 Å². The number of nitrogens with one attached hydrogen (secondary N) is 1. The van der Waals surface area contributed by atoms with E-state index in [0.29, 0.717) is 21.3 Å². The molecule has 2 aromatic rings. The van der Waals surface area contributed by atoms with Crippen LogP contribution >= 0.6 is 23.4 Å². The molecule has 0 unspecified atom stereocenters. The Labute approximate surface area is 125 Å². The zero-order valence-corrected chi connectivity index (χ0v) is 11.9. The monoisotopic (exact) mass is 303 g/mol. The molecular formula is C14H10ClN3OS. The van der Waals surface area contributed by atoms with Gasteiger partial charge in [-0.3, -0.25) is 4.79 Å². The lowest BCUT2D eigenvalue weighted by molar-refractivity contribution is -0.113. The number of thioether (sulfide) groups is 1. The number of nitrogens with zero attached hydrogens (tertiary/aromatic N) is 2. The van der Waals surface area contributed by atoms with Gasteiger partial charge in [-0.25, -0.2) is 4.98 Å². The Morgan fingerprint density at radius 3 is 3.00 bits per heavy atom. The predicted octanol–water partition coefficient (Wildman–Crippen LogP) is 3.34. The molecule has 1 N–H and O–H groups in total. The van der Waals surface area contributed by atoms with Crippen LogP contribution in [0.3, 0.4) is 0 Å². The Morgan fingerprint density at radius 1 is 1.40 bits per heavy atom. The van der Waals surface area contributed by atoms with Crippen molar-refractivity contribution in [3.05, 3.63) is 53.2 Å². The van der Waals surface area contributed by atoms with E-state index in [0.717, 1.165) is 0 Å². The van der Waals surface area contributed by atoms with Crippen LogP contribution in [0.1, 0.15) is 5.56 Å². The van der Waals surface area contributed by atoms with E-state index in [-0.39, 0.29) is 11.7 Å². The Hall–Kier alpha value is -2.03. The second kappa shape index (κ2) is 6.94. The largest absolute Gasteiger partial charge is 0.325 e. The third-order valence-electron chi connectivity index (χ3n) is 2.34. The first-order valence-corrected chi connectivity index (χ1v) is 7.09. The molecule has 4 nitrogen and oxygen atoms in total. The quantitative estimate of drug-likeness (QED) is 0.880. The van der Waals surface area contributed by atoms with Crippen molar-refractivity contribution in [3.63, 3.8) is 0 Å². The van der Waals surface area contributed by atoms with E-state index in [2.05, 4.69) is 10.3 Å². The summed E-state index contributed by atoms with van der Waals surface area (Å²) in [6.07, 6.45) is 1.60. The maximum atomic E-state index is 11.8. The fourth-order valence-electron chi connectivity index (χ4n) is 1.49. The number of rotatable bonds is 4. The first-order valence-electron chi connectivity index (χ1n) is 5.72. The number of benzene rings is 1. The highest BCUT2D eigenvalue weighted by atomic mass is 35.5. The van der Waals surface area contributed by atoms with Gasteiger partial charge in [-0.15, -0.1) is 0 Å². The molecule has 0 aliphatic rings. The molecule has 20 heavy (non-hydrogen) atoms. The summed E-state index contributed by atoms with van der Waals surface area (Å²) >= 11 is 7.06. The summed E-state index contributed by atoms with van der Waals surface area (Å²) < 4.78 is 0. The molecule has 0 fully saturated rings. The Bertz CT molecular complexity index is 669. The van der Waals surface area contributed by atoms with Gasteiger partial charge in [0.1, 0.15) is 11.1 Å². The summed E-state index contributed by atoms with van der Waals surface area (Å²) in [4.78, 5) is 15.9. The smallest absolute Gasteiger partial charge is 0.234 e. The first kappa shape index (κ1) is 14.4. The second-order valence-corrected chi connectivity index (χ2v) is 5.22. The Balaban J connectivity index is 1.94. The molecule has 1 aromatic heterocycles. The molecule has 1 amide bonds. The summed E-state index contributed by atoms with van der Waals surface area (Å²) in [6, 6.07) is 12.3. The van der Waals surface area contributed by atoms with Crippen LogP contribution in [0.15, 0.2) is 47.6 Å². The molecule has 1 aromatic carbocycles. The van der Waals surface area contributed by atoms with E-state index >= 15 is 0 Å².